The molecule has 4 aromatic carbocycles. The highest BCUT2D eigenvalue weighted by Gasteiger charge is 2.33. The highest BCUT2D eigenvalue weighted by molar-refractivity contribution is 6.26. The van der Waals surface area contributed by atoms with E-state index in [0.717, 1.165) is 10.8 Å². The molecule has 0 atom stereocenters. The summed E-state index contributed by atoms with van der Waals surface area (Å²) in [6.07, 6.45) is 0. The number of nitrogens with two attached hydrogens (primary N) is 4. The maximum atomic E-state index is 13.3. The second-order valence-electron chi connectivity index (χ2n) is 12.1. The summed E-state index contributed by atoms with van der Waals surface area (Å²) in [5.41, 5.74) is 21.8. The number of aromatic nitrogens is 4. The van der Waals surface area contributed by atoms with E-state index in [9.17, 15) is 19.2 Å². The van der Waals surface area contributed by atoms with E-state index >= 15 is 0 Å². The lowest BCUT2D eigenvalue weighted by atomic mass is 9.89. The Morgan fingerprint density at radius 3 is 0.942 bits per heavy atom. The van der Waals surface area contributed by atoms with Crippen molar-refractivity contribution in [2.45, 2.75) is 0 Å². The third-order valence-electron chi connectivity index (χ3n) is 9.11. The lowest BCUT2D eigenvalue weighted by molar-refractivity contribution is 0.0946. The lowest BCUT2D eigenvalue weighted by Crippen LogP contribution is -2.31. The van der Waals surface area contributed by atoms with Gasteiger partial charge in [-0.15, -0.1) is 0 Å². The van der Waals surface area contributed by atoms with Crippen LogP contribution in [-0.4, -0.2) is 43.6 Å². The number of nitrogens with zero attached hydrogens (tertiary/aromatic N) is 4. The second kappa shape index (κ2) is 10.8. The molecule has 5 heterocycles. The van der Waals surface area contributed by atoms with Crippen molar-refractivity contribution >= 4 is 90.0 Å². The van der Waals surface area contributed by atoms with Crippen LogP contribution >= 0.6 is 0 Å². The largest absolute Gasteiger partial charge is 0.366 e. The van der Waals surface area contributed by atoms with Crippen molar-refractivity contribution in [1.29, 1.82) is 0 Å². The minimum atomic E-state index is -1.25. The topological polar surface area (TPSA) is 285 Å². The highest BCUT2D eigenvalue weighted by Crippen LogP contribution is 2.36. The van der Waals surface area contributed by atoms with Crippen molar-refractivity contribution in [2.75, 3.05) is 0 Å². The van der Waals surface area contributed by atoms with Crippen molar-refractivity contribution in [3.05, 3.63) is 117 Å². The Balaban J connectivity index is 1.58. The minimum absolute atomic E-state index is 0.0670. The third-order valence-corrected chi connectivity index (χ3v) is 9.11. The molecule has 1 aliphatic heterocycles. The van der Waals surface area contributed by atoms with Gasteiger partial charge in [-0.1, -0.05) is 72.8 Å². The monoisotopic (exact) mass is 688 g/mol. The number of carbonyl (C=O) groups is 4. The van der Waals surface area contributed by atoms with Crippen LogP contribution in [0.15, 0.2) is 92.8 Å². The van der Waals surface area contributed by atoms with Crippen LogP contribution in [0.5, 0.6) is 0 Å². The molecule has 16 heteroatoms. The van der Waals surface area contributed by atoms with E-state index in [1.807, 2.05) is 72.8 Å². The maximum Gasteiger partial charge on any atom is 0.250 e. The maximum absolute atomic E-state index is 13.3. The van der Waals surface area contributed by atoms with Crippen LogP contribution < -0.4 is 44.9 Å². The summed E-state index contributed by atoms with van der Waals surface area (Å²) in [5, 5.41) is 4.02. The number of primary amides is 4. The van der Waals surface area contributed by atoms with Gasteiger partial charge in [-0.2, -0.15) is 0 Å². The van der Waals surface area contributed by atoms with E-state index in [-0.39, 0.29) is 33.4 Å². The number of hydrogen-bond acceptors (Lipinski definition) is 8. The summed E-state index contributed by atoms with van der Waals surface area (Å²) in [7, 11) is 0. The first kappa shape index (κ1) is 30.2. The van der Waals surface area contributed by atoms with Crippen LogP contribution in [0.25, 0.3) is 43.1 Å². The molecule has 252 valence electrons. The van der Waals surface area contributed by atoms with E-state index in [1.54, 1.807) is 0 Å². The fourth-order valence-electron chi connectivity index (χ4n) is 7.02. The molecule has 0 saturated heterocycles. The van der Waals surface area contributed by atoms with Gasteiger partial charge in [-0.25, -0.2) is 20.0 Å². The number of benzene rings is 4. The number of fused-ring (bicyclic) bond motifs is 20. The van der Waals surface area contributed by atoms with Gasteiger partial charge in [0, 0.05) is 43.1 Å². The van der Waals surface area contributed by atoms with Gasteiger partial charge in [0.2, 0.25) is 23.6 Å². The van der Waals surface area contributed by atoms with Crippen LogP contribution in [0.1, 0.15) is 41.4 Å². The first-order valence-electron chi connectivity index (χ1n) is 15.7. The van der Waals surface area contributed by atoms with Gasteiger partial charge in [-0.05, 0) is 0 Å². The van der Waals surface area contributed by atoms with Crippen molar-refractivity contribution in [2.24, 2.45) is 42.9 Å². The zero-order chi connectivity index (χ0) is 36.0. The summed E-state index contributed by atoms with van der Waals surface area (Å²) in [6.45, 7) is 0. The fourth-order valence-corrected chi connectivity index (χ4v) is 7.02. The molecule has 8 aromatic rings. The van der Waals surface area contributed by atoms with E-state index in [2.05, 4.69) is 19.9 Å². The number of hydrogen-bond donors (Lipinski definition) is 8. The second-order valence-corrected chi connectivity index (χ2v) is 12.1. The molecule has 12 N–H and O–H groups in total. The third kappa shape index (κ3) is 4.27. The quantitative estimate of drug-likeness (QED) is 0.138. The van der Waals surface area contributed by atoms with Crippen molar-refractivity contribution in [3.63, 3.8) is 0 Å². The molecule has 16 nitrogen and oxygen atoms in total. The number of aromatic amines is 4. The van der Waals surface area contributed by atoms with E-state index in [4.69, 9.17) is 42.9 Å². The van der Waals surface area contributed by atoms with Gasteiger partial charge in [0.05, 0.1) is 22.3 Å². The van der Waals surface area contributed by atoms with Crippen molar-refractivity contribution in [3.8, 4) is 0 Å². The van der Waals surface area contributed by atoms with Crippen LogP contribution in [-0.2, 0) is 0 Å². The molecule has 4 aromatic heterocycles. The van der Waals surface area contributed by atoms with Crippen LogP contribution in [0.3, 0.4) is 0 Å². The predicted molar refractivity (Wildman–Crippen MR) is 191 cm³/mol. The van der Waals surface area contributed by atoms with Crippen LogP contribution in [0.4, 0.5) is 23.3 Å². The first-order chi connectivity index (χ1) is 25.1. The fraction of sp³-hybridized carbons (Fsp3) is 0. The van der Waals surface area contributed by atoms with Gasteiger partial charge < -0.3 is 42.9 Å². The Hall–Kier alpha value is -7.88. The van der Waals surface area contributed by atoms with Gasteiger partial charge in [0.1, 0.15) is 45.2 Å². The zero-order valence-electron chi connectivity index (χ0n) is 26.7. The molecule has 0 fully saturated rings. The average molecular weight is 689 g/mol. The molecule has 1 aliphatic rings. The Bertz CT molecular complexity index is 3010. The average Bonchev–Trinajstić information content (AvgIpc) is 3.86. The summed E-state index contributed by atoms with van der Waals surface area (Å²) in [6, 6.07) is 22.4. The van der Waals surface area contributed by atoms with Crippen molar-refractivity contribution < 1.29 is 19.2 Å². The molecule has 0 radical (unpaired) electrons. The smallest absolute Gasteiger partial charge is 0.250 e. The number of amides is 4. The molecule has 9 rings (SSSR count). The molecular weight excluding hydrogens is 664 g/mol. The van der Waals surface area contributed by atoms with Gasteiger partial charge >= 0.3 is 0 Å². The van der Waals surface area contributed by atoms with E-state index in [1.165, 1.54) is 0 Å². The van der Waals surface area contributed by atoms with E-state index < -0.39 is 45.9 Å². The molecule has 52 heavy (non-hydrogen) atoms. The number of H-pyrrole nitrogens is 4. The molecule has 0 unspecified atom stereocenters. The Kier molecular flexibility index (Phi) is 6.28. The molecule has 0 spiro atoms. The summed E-state index contributed by atoms with van der Waals surface area (Å²) >= 11 is 0. The summed E-state index contributed by atoms with van der Waals surface area (Å²) in [5.74, 6) is -3.37. The summed E-state index contributed by atoms with van der Waals surface area (Å²) in [4.78, 5) is 85.2. The SMILES string of the molecule is NC(=O)c1c(C(N)=O)c(C(N)=O)c2c3[nH]c(c2c1C(N)=O)=Nc1[nH]c(c2ccccc12)N=c1[nH]c(c2ccccc12)=Nc1[nH]c(c2ccccc12)N=3. The molecule has 4 amide bonds. The summed E-state index contributed by atoms with van der Waals surface area (Å²) < 4.78 is 0. The Morgan fingerprint density at radius 2 is 0.635 bits per heavy atom. The minimum Gasteiger partial charge on any atom is -0.366 e. The first-order valence-corrected chi connectivity index (χ1v) is 15.7. The number of carbonyl (C=O) groups excluding carboxylic acids is 4. The van der Waals surface area contributed by atoms with E-state index in [0.29, 0.717) is 44.2 Å². The highest BCUT2D eigenvalue weighted by atomic mass is 16.2. The molecular formula is C36H24N12O4. The van der Waals surface area contributed by atoms with Gasteiger partial charge in [0.15, 0.2) is 0 Å². The van der Waals surface area contributed by atoms with Gasteiger partial charge in [0.25, 0.3) is 0 Å². The zero-order valence-corrected chi connectivity index (χ0v) is 26.7. The van der Waals surface area contributed by atoms with Gasteiger partial charge in [-0.3, -0.25) is 19.2 Å². The molecule has 0 saturated carbocycles. The normalized spacial score (nSPS) is 12.3. The number of rotatable bonds is 4. The lowest BCUT2D eigenvalue weighted by Gasteiger charge is -2.14. The van der Waals surface area contributed by atoms with Crippen LogP contribution in [0.2, 0.25) is 0 Å². The standard InChI is InChI=1S/C36H24N12O4/c37-25(49)19-20(26(38)50)22(28(40)52)24-23(21(19)27(39)51)35-46-33-17-11-5-3-9-15(17)31(44-33)42-29-13-7-1-2-8-14(13)30(41-29)43-32-16-10-4-6-12-18(16)34(45-32)47-36(24)48-35/h1-12H,(H2,37,49)(H2,38,50)(H2,39,51)(H2,40,52)(H4,41,42,43,44,45,46,47,48). The molecule has 8 bridgehead atoms. The Labute approximate surface area is 288 Å². The van der Waals surface area contributed by atoms with Crippen LogP contribution in [0, 0.1) is 0 Å². The Morgan fingerprint density at radius 1 is 0.365 bits per heavy atom. The van der Waals surface area contributed by atoms with Crippen molar-refractivity contribution in [1.82, 2.24) is 19.9 Å². The number of nitrogens with one attached hydrogen (secondary N) is 4. The molecule has 0 aliphatic carbocycles. The predicted octanol–water partition coefficient (Wildman–Crippen LogP) is 2.13.